The molecular weight excluding hydrogens is 462 g/mol. The van der Waals surface area contributed by atoms with Crippen LogP contribution in [0.1, 0.15) is 49.7 Å². The molecule has 5 rings (SSSR count). The predicted molar refractivity (Wildman–Crippen MR) is 133 cm³/mol. The highest BCUT2D eigenvalue weighted by atomic mass is 16.6. The molecule has 2 aliphatic heterocycles. The van der Waals surface area contributed by atoms with Gasteiger partial charge in [-0.3, -0.25) is 9.78 Å². The van der Waals surface area contributed by atoms with E-state index in [0.717, 1.165) is 23.4 Å². The van der Waals surface area contributed by atoms with Crippen LogP contribution < -0.4 is 14.8 Å². The number of fused-ring (bicyclic) bond motifs is 2. The molecular formula is C26H31N5O5. The topological polar surface area (TPSA) is 119 Å². The number of hydrogen-bond acceptors (Lipinski definition) is 7. The monoisotopic (exact) mass is 493 g/mol. The summed E-state index contributed by atoms with van der Waals surface area (Å²) in [6, 6.07) is 5.55. The first-order valence-electron chi connectivity index (χ1n) is 12.2. The molecule has 3 aromatic rings. The van der Waals surface area contributed by atoms with Crippen molar-refractivity contribution in [3.8, 4) is 22.9 Å². The summed E-state index contributed by atoms with van der Waals surface area (Å²) >= 11 is 0. The summed E-state index contributed by atoms with van der Waals surface area (Å²) in [7, 11) is 1.57. The van der Waals surface area contributed by atoms with Gasteiger partial charge in [0.05, 0.1) is 18.2 Å². The van der Waals surface area contributed by atoms with E-state index in [0.29, 0.717) is 60.7 Å². The number of hydrogen-bond donors (Lipinski definition) is 2. The van der Waals surface area contributed by atoms with E-state index >= 15 is 0 Å². The van der Waals surface area contributed by atoms with Gasteiger partial charge in [0.15, 0.2) is 5.75 Å². The highest BCUT2D eigenvalue weighted by Crippen LogP contribution is 2.35. The van der Waals surface area contributed by atoms with Gasteiger partial charge in [0.1, 0.15) is 17.2 Å². The molecule has 0 spiro atoms. The van der Waals surface area contributed by atoms with Gasteiger partial charge in [-0.25, -0.2) is 9.78 Å². The van der Waals surface area contributed by atoms with Crippen molar-refractivity contribution < 1.29 is 23.8 Å². The van der Waals surface area contributed by atoms with Crippen LogP contribution in [0.2, 0.25) is 0 Å². The number of ether oxygens (including phenoxy) is 3. The SMILES string of the molecule is COc1cc2nccc(-c3cc4c([nH]3)CCNC4=O)c2nc1OC1CCN(C(=O)OC(C)(C)C)CC1. The van der Waals surface area contributed by atoms with Crippen LogP contribution in [-0.2, 0) is 11.2 Å². The number of nitrogens with one attached hydrogen (secondary N) is 2. The second-order valence-electron chi connectivity index (χ2n) is 10.1. The van der Waals surface area contributed by atoms with E-state index in [9.17, 15) is 9.59 Å². The number of nitrogens with zero attached hydrogens (tertiary/aromatic N) is 3. The average Bonchev–Trinajstić information content (AvgIpc) is 3.28. The van der Waals surface area contributed by atoms with Crippen LogP contribution >= 0.6 is 0 Å². The van der Waals surface area contributed by atoms with Crippen LogP contribution in [0.15, 0.2) is 24.4 Å². The molecule has 10 heteroatoms. The van der Waals surface area contributed by atoms with E-state index in [-0.39, 0.29) is 18.1 Å². The molecule has 2 aliphatic rings. The summed E-state index contributed by atoms with van der Waals surface area (Å²) < 4.78 is 17.3. The fraction of sp³-hybridized carbons (Fsp3) is 0.462. The second kappa shape index (κ2) is 9.33. The molecule has 2 amide bonds. The van der Waals surface area contributed by atoms with Crippen molar-refractivity contribution in [1.82, 2.24) is 25.2 Å². The largest absolute Gasteiger partial charge is 0.491 e. The zero-order valence-electron chi connectivity index (χ0n) is 21.0. The summed E-state index contributed by atoms with van der Waals surface area (Å²) in [5.74, 6) is 0.796. The fourth-order valence-corrected chi connectivity index (χ4v) is 4.56. The lowest BCUT2D eigenvalue weighted by molar-refractivity contribution is 0.0121. The van der Waals surface area contributed by atoms with Crippen LogP contribution in [-0.4, -0.2) is 70.3 Å². The summed E-state index contributed by atoms with van der Waals surface area (Å²) in [5, 5.41) is 2.88. The van der Waals surface area contributed by atoms with Gasteiger partial charge in [0.25, 0.3) is 11.8 Å². The standard InChI is InChI=1S/C26H31N5O5/c1-26(2,3)36-25(33)31-11-7-15(8-12-31)35-24-21(34-4)14-20-22(30-24)16(5-9-27-20)19-13-17-18(29-19)6-10-28-23(17)32/h5,9,13-15,29H,6-8,10-12H2,1-4H3,(H,28,32). The molecule has 0 unspecified atom stereocenters. The maximum Gasteiger partial charge on any atom is 0.410 e. The molecule has 0 aromatic carbocycles. The van der Waals surface area contributed by atoms with E-state index in [1.807, 2.05) is 39.0 Å². The molecule has 3 aromatic heterocycles. The lowest BCUT2D eigenvalue weighted by Crippen LogP contribution is -2.44. The molecule has 10 nitrogen and oxygen atoms in total. The molecule has 1 saturated heterocycles. The number of pyridine rings is 2. The van der Waals surface area contributed by atoms with Gasteiger partial charge >= 0.3 is 6.09 Å². The van der Waals surface area contributed by atoms with Gasteiger partial charge in [0, 0.05) is 68.1 Å². The maximum absolute atomic E-state index is 12.4. The van der Waals surface area contributed by atoms with Crippen molar-refractivity contribution in [2.24, 2.45) is 0 Å². The molecule has 190 valence electrons. The Labute approximate surface area is 209 Å². The second-order valence-corrected chi connectivity index (χ2v) is 10.1. The molecule has 0 bridgehead atoms. The van der Waals surface area contributed by atoms with Crippen molar-refractivity contribution in [2.75, 3.05) is 26.7 Å². The van der Waals surface area contributed by atoms with Crippen LogP contribution in [0, 0.1) is 0 Å². The Morgan fingerprint density at radius 2 is 1.94 bits per heavy atom. The summed E-state index contributed by atoms with van der Waals surface area (Å²) in [4.78, 5) is 39.0. The highest BCUT2D eigenvalue weighted by molar-refractivity contribution is 5.99. The van der Waals surface area contributed by atoms with Gasteiger partial charge in [0.2, 0.25) is 0 Å². The minimum absolute atomic E-state index is 0.0755. The van der Waals surface area contributed by atoms with Crippen LogP contribution in [0.25, 0.3) is 22.3 Å². The van der Waals surface area contributed by atoms with Crippen molar-refractivity contribution in [2.45, 2.75) is 51.7 Å². The molecule has 1 fully saturated rings. The van der Waals surface area contributed by atoms with Crippen molar-refractivity contribution in [3.63, 3.8) is 0 Å². The minimum atomic E-state index is -0.527. The highest BCUT2D eigenvalue weighted by Gasteiger charge is 2.29. The molecule has 0 atom stereocenters. The number of piperidine rings is 1. The summed E-state index contributed by atoms with van der Waals surface area (Å²) in [6.45, 7) is 7.27. The zero-order valence-corrected chi connectivity index (χ0v) is 21.0. The van der Waals surface area contributed by atoms with E-state index in [4.69, 9.17) is 19.2 Å². The Bertz CT molecular complexity index is 1300. The van der Waals surface area contributed by atoms with Crippen LogP contribution in [0.5, 0.6) is 11.6 Å². The van der Waals surface area contributed by atoms with E-state index in [2.05, 4.69) is 15.3 Å². The third kappa shape index (κ3) is 4.80. The van der Waals surface area contributed by atoms with Crippen molar-refractivity contribution >= 4 is 23.0 Å². The van der Waals surface area contributed by atoms with E-state index in [1.165, 1.54) is 0 Å². The van der Waals surface area contributed by atoms with Crippen molar-refractivity contribution in [1.29, 1.82) is 0 Å². The van der Waals surface area contributed by atoms with Gasteiger partial charge in [-0.05, 0) is 32.9 Å². The lowest BCUT2D eigenvalue weighted by Gasteiger charge is -2.33. The number of carbonyl (C=O) groups excluding carboxylic acids is 2. The Hall–Kier alpha value is -3.82. The molecule has 36 heavy (non-hydrogen) atoms. The Morgan fingerprint density at radius 1 is 1.17 bits per heavy atom. The number of likely N-dealkylation sites (tertiary alicyclic amines) is 1. The number of methoxy groups -OCH3 is 1. The third-order valence-corrected chi connectivity index (χ3v) is 6.33. The van der Waals surface area contributed by atoms with Crippen molar-refractivity contribution in [3.05, 3.63) is 35.7 Å². The predicted octanol–water partition coefficient (Wildman–Crippen LogP) is 3.70. The van der Waals surface area contributed by atoms with Gasteiger partial charge in [-0.2, -0.15) is 0 Å². The maximum atomic E-state index is 12.4. The molecule has 0 aliphatic carbocycles. The Kier molecular flexibility index (Phi) is 6.19. The normalized spacial score (nSPS) is 16.4. The first-order valence-corrected chi connectivity index (χ1v) is 12.2. The smallest absolute Gasteiger partial charge is 0.410 e. The Balaban J connectivity index is 1.39. The van der Waals surface area contributed by atoms with E-state index < -0.39 is 5.60 Å². The number of rotatable bonds is 4. The first-order chi connectivity index (χ1) is 17.2. The molecule has 0 radical (unpaired) electrons. The molecule has 5 heterocycles. The average molecular weight is 494 g/mol. The fourth-order valence-electron chi connectivity index (χ4n) is 4.56. The molecule has 0 saturated carbocycles. The van der Waals surface area contributed by atoms with Gasteiger partial charge < -0.3 is 29.4 Å². The number of carbonyl (C=O) groups is 2. The Morgan fingerprint density at radius 3 is 2.64 bits per heavy atom. The van der Waals surface area contributed by atoms with Crippen LogP contribution in [0.3, 0.4) is 0 Å². The summed E-state index contributed by atoms with van der Waals surface area (Å²) in [6.07, 6.45) is 3.35. The first kappa shape index (κ1) is 23.9. The third-order valence-electron chi connectivity index (χ3n) is 6.33. The number of amides is 2. The minimum Gasteiger partial charge on any atom is -0.491 e. The number of aromatic amines is 1. The number of H-pyrrole nitrogens is 1. The van der Waals surface area contributed by atoms with Gasteiger partial charge in [-0.15, -0.1) is 0 Å². The lowest BCUT2D eigenvalue weighted by atomic mass is 10.1. The number of aromatic nitrogens is 3. The summed E-state index contributed by atoms with van der Waals surface area (Å²) in [5.41, 5.74) is 3.99. The zero-order chi connectivity index (χ0) is 25.4. The van der Waals surface area contributed by atoms with E-state index in [1.54, 1.807) is 18.2 Å². The molecule has 2 N–H and O–H groups in total. The van der Waals surface area contributed by atoms with Crippen LogP contribution in [0.4, 0.5) is 4.79 Å². The van der Waals surface area contributed by atoms with Gasteiger partial charge in [-0.1, -0.05) is 0 Å². The quantitative estimate of drug-likeness (QED) is 0.569.